The number of hydrogen-bond acceptors (Lipinski definition) is 5. The third kappa shape index (κ3) is 3.56. The third-order valence-corrected chi connectivity index (χ3v) is 5.96. The lowest BCUT2D eigenvalue weighted by atomic mass is 10.0. The number of rotatable bonds is 4. The van der Waals surface area contributed by atoms with Crippen LogP contribution in [-0.4, -0.2) is 25.7 Å². The number of fused-ring (bicyclic) bond motifs is 1. The average molecular weight is 422 g/mol. The van der Waals surface area contributed by atoms with Gasteiger partial charge in [0, 0.05) is 41.9 Å². The molecular weight excluding hydrogens is 400 g/mol. The van der Waals surface area contributed by atoms with Crippen LogP contribution in [0.25, 0.3) is 22.0 Å². The van der Waals surface area contributed by atoms with E-state index >= 15 is 0 Å². The van der Waals surface area contributed by atoms with E-state index in [9.17, 15) is 4.79 Å². The highest BCUT2D eigenvalue weighted by molar-refractivity contribution is 5.99. The zero-order valence-electron chi connectivity index (χ0n) is 17.8. The van der Waals surface area contributed by atoms with Gasteiger partial charge in [-0.2, -0.15) is 5.10 Å². The van der Waals surface area contributed by atoms with Gasteiger partial charge in [0.15, 0.2) is 0 Å². The largest absolute Gasteiger partial charge is 0.383 e. The summed E-state index contributed by atoms with van der Waals surface area (Å²) in [6.07, 6.45) is 11.8. The van der Waals surface area contributed by atoms with E-state index in [1.54, 1.807) is 10.9 Å². The number of aryl methyl sites for hydroxylation is 2. The van der Waals surface area contributed by atoms with Crippen LogP contribution in [0.1, 0.15) is 29.0 Å². The minimum atomic E-state index is -0.0658. The van der Waals surface area contributed by atoms with Gasteiger partial charge in [0.1, 0.15) is 11.6 Å². The van der Waals surface area contributed by atoms with Crippen molar-refractivity contribution in [1.29, 1.82) is 0 Å². The lowest BCUT2D eigenvalue weighted by molar-refractivity contribution is -0.117. The van der Waals surface area contributed by atoms with Crippen LogP contribution < -0.4 is 11.1 Å². The molecule has 3 N–H and O–H groups in total. The average Bonchev–Trinajstić information content (AvgIpc) is 3.47. The first-order valence-electron chi connectivity index (χ1n) is 10.4. The molecule has 3 aromatic heterocycles. The van der Waals surface area contributed by atoms with E-state index in [1.165, 1.54) is 0 Å². The molecule has 1 aromatic carbocycles. The maximum atomic E-state index is 12.7. The highest BCUT2D eigenvalue weighted by atomic mass is 16.2. The number of amides is 1. The number of carbonyl (C=O) groups is 1. The molecule has 7 nitrogen and oxygen atoms in total. The molecule has 1 fully saturated rings. The van der Waals surface area contributed by atoms with Crippen molar-refractivity contribution in [2.45, 2.75) is 19.3 Å². The van der Waals surface area contributed by atoms with E-state index in [-0.39, 0.29) is 17.7 Å². The summed E-state index contributed by atoms with van der Waals surface area (Å²) in [6.45, 7) is 2.00. The predicted octanol–water partition coefficient (Wildman–Crippen LogP) is 3.64. The second-order valence-electron chi connectivity index (χ2n) is 8.24. The second-order valence-corrected chi connectivity index (χ2v) is 8.24. The normalized spacial score (nSPS) is 17.2. The Morgan fingerprint density at radius 3 is 2.88 bits per heavy atom. The number of pyridine rings is 2. The quantitative estimate of drug-likeness (QED) is 0.489. The fraction of sp³-hybridized carbons (Fsp3) is 0.200. The summed E-state index contributed by atoms with van der Waals surface area (Å²) >= 11 is 0. The number of nitrogens with one attached hydrogen (secondary N) is 1. The van der Waals surface area contributed by atoms with Gasteiger partial charge in [0.05, 0.1) is 11.9 Å². The highest BCUT2D eigenvalue weighted by Crippen LogP contribution is 2.47. The standard InChI is InChI=1S/C25H22N6O/c1-4-15-6-5-14(2)18(7-15)22-8-16-9-23(27-12-21(16)24(26)29-22)30-25(32)20-10-19(20)17-11-28-31(3)13-17/h1,5-9,11-13,19-20H,10H2,2-3H3,(H2,26,29)(H,27,30,32)/t19?,20-/m1/s1. The molecule has 32 heavy (non-hydrogen) atoms. The van der Waals surface area contributed by atoms with Crippen molar-refractivity contribution >= 4 is 28.3 Å². The Labute approximate surface area is 185 Å². The Hall–Kier alpha value is -4.18. The Balaban J connectivity index is 1.42. The number of nitrogens with zero attached hydrogens (tertiary/aromatic N) is 4. The lowest BCUT2D eigenvalue weighted by Crippen LogP contribution is -2.15. The summed E-state index contributed by atoms with van der Waals surface area (Å²) in [7, 11) is 1.87. The fourth-order valence-corrected chi connectivity index (χ4v) is 4.07. The zero-order valence-corrected chi connectivity index (χ0v) is 17.8. The van der Waals surface area contributed by atoms with Gasteiger partial charge in [-0.15, -0.1) is 6.42 Å². The molecule has 0 saturated heterocycles. The van der Waals surface area contributed by atoms with Crippen molar-refractivity contribution in [3.8, 4) is 23.6 Å². The van der Waals surface area contributed by atoms with Gasteiger partial charge >= 0.3 is 0 Å². The molecule has 0 aliphatic heterocycles. The molecule has 1 amide bonds. The summed E-state index contributed by atoms with van der Waals surface area (Å²) in [5.41, 5.74) is 10.8. The number of aromatic nitrogens is 4. The molecule has 5 rings (SSSR count). The van der Waals surface area contributed by atoms with Gasteiger partial charge in [0.25, 0.3) is 0 Å². The number of terminal acetylenes is 1. The second kappa shape index (κ2) is 7.50. The van der Waals surface area contributed by atoms with Crippen molar-refractivity contribution < 1.29 is 4.79 Å². The summed E-state index contributed by atoms with van der Waals surface area (Å²) in [6, 6.07) is 9.58. The minimum Gasteiger partial charge on any atom is -0.383 e. The van der Waals surface area contributed by atoms with E-state index in [1.807, 2.05) is 56.7 Å². The van der Waals surface area contributed by atoms with Crippen molar-refractivity contribution in [2.24, 2.45) is 13.0 Å². The van der Waals surface area contributed by atoms with E-state index in [0.717, 1.165) is 45.1 Å². The van der Waals surface area contributed by atoms with Crippen LogP contribution in [0.15, 0.2) is 48.9 Å². The molecule has 7 heteroatoms. The smallest absolute Gasteiger partial charge is 0.229 e. The van der Waals surface area contributed by atoms with E-state index in [2.05, 4.69) is 26.3 Å². The first kappa shape index (κ1) is 19.8. The molecule has 0 bridgehead atoms. The number of nitrogen functional groups attached to an aromatic ring is 1. The minimum absolute atomic E-state index is 0.0366. The monoisotopic (exact) mass is 422 g/mol. The molecule has 1 unspecified atom stereocenters. The third-order valence-electron chi connectivity index (χ3n) is 5.96. The van der Waals surface area contributed by atoms with Gasteiger partial charge in [-0.1, -0.05) is 12.0 Å². The van der Waals surface area contributed by atoms with Crippen LogP contribution in [0.4, 0.5) is 11.6 Å². The van der Waals surface area contributed by atoms with Crippen LogP contribution in [0.5, 0.6) is 0 Å². The summed E-state index contributed by atoms with van der Waals surface area (Å²) in [5.74, 6) is 3.64. The first-order valence-corrected chi connectivity index (χ1v) is 10.4. The van der Waals surface area contributed by atoms with Gasteiger partial charge in [-0.25, -0.2) is 9.97 Å². The predicted molar refractivity (Wildman–Crippen MR) is 125 cm³/mol. The molecule has 1 saturated carbocycles. The zero-order chi connectivity index (χ0) is 22.4. The Morgan fingerprint density at radius 2 is 2.12 bits per heavy atom. The van der Waals surface area contributed by atoms with Gasteiger partial charge in [-0.05, 0) is 60.0 Å². The van der Waals surface area contributed by atoms with Gasteiger partial charge in [-0.3, -0.25) is 9.48 Å². The molecule has 1 aliphatic carbocycles. The van der Waals surface area contributed by atoms with Crippen LogP contribution in [-0.2, 0) is 11.8 Å². The van der Waals surface area contributed by atoms with Crippen molar-refractivity contribution in [2.75, 3.05) is 11.1 Å². The molecule has 1 aliphatic rings. The molecule has 4 aromatic rings. The fourth-order valence-electron chi connectivity index (χ4n) is 4.07. The number of carbonyl (C=O) groups excluding carboxylic acids is 1. The Bertz CT molecular complexity index is 1410. The van der Waals surface area contributed by atoms with E-state index in [0.29, 0.717) is 11.6 Å². The SMILES string of the molecule is C#Cc1ccc(C)c(-c2cc3cc(NC(=O)[C@@H]4CC4c4cnn(C)c4)ncc3c(N)n2)c1. The summed E-state index contributed by atoms with van der Waals surface area (Å²) in [5, 5.41) is 8.72. The Kier molecular flexibility index (Phi) is 4.63. The maximum absolute atomic E-state index is 12.7. The van der Waals surface area contributed by atoms with Crippen molar-refractivity contribution in [3.63, 3.8) is 0 Å². The number of anilines is 2. The van der Waals surface area contributed by atoms with E-state index < -0.39 is 0 Å². The van der Waals surface area contributed by atoms with Crippen molar-refractivity contribution in [3.05, 3.63) is 65.6 Å². The molecule has 3 heterocycles. The van der Waals surface area contributed by atoms with Crippen LogP contribution in [0.2, 0.25) is 0 Å². The first-order chi connectivity index (χ1) is 15.4. The Morgan fingerprint density at radius 1 is 1.28 bits per heavy atom. The van der Waals surface area contributed by atoms with Crippen molar-refractivity contribution in [1.82, 2.24) is 19.7 Å². The van der Waals surface area contributed by atoms with Crippen LogP contribution in [0, 0.1) is 25.2 Å². The molecule has 0 radical (unpaired) electrons. The lowest BCUT2D eigenvalue weighted by Gasteiger charge is -2.11. The van der Waals surface area contributed by atoms with Crippen LogP contribution >= 0.6 is 0 Å². The van der Waals surface area contributed by atoms with Gasteiger partial charge in [0.2, 0.25) is 5.91 Å². The topological polar surface area (TPSA) is 98.7 Å². The molecule has 0 spiro atoms. The molecular formula is C25H22N6O. The van der Waals surface area contributed by atoms with Crippen LogP contribution in [0.3, 0.4) is 0 Å². The molecule has 2 atom stereocenters. The number of hydrogen-bond donors (Lipinski definition) is 2. The highest BCUT2D eigenvalue weighted by Gasteiger charge is 2.44. The molecule has 158 valence electrons. The van der Waals surface area contributed by atoms with Gasteiger partial charge < -0.3 is 11.1 Å². The maximum Gasteiger partial charge on any atom is 0.229 e. The van der Waals surface area contributed by atoms with E-state index in [4.69, 9.17) is 12.2 Å². The number of nitrogens with two attached hydrogens (primary N) is 1. The summed E-state index contributed by atoms with van der Waals surface area (Å²) < 4.78 is 1.75. The summed E-state index contributed by atoms with van der Waals surface area (Å²) in [4.78, 5) is 21.7. The number of benzene rings is 1.